The summed E-state index contributed by atoms with van der Waals surface area (Å²) in [5.74, 6) is -0.388. The van der Waals surface area contributed by atoms with E-state index in [0.717, 1.165) is 39.5 Å². The first kappa shape index (κ1) is 27.3. The molecule has 0 aliphatic heterocycles. The van der Waals surface area contributed by atoms with Crippen LogP contribution in [-0.2, 0) is 23.1 Å². The van der Waals surface area contributed by atoms with Gasteiger partial charge in [0.15, 0.2) is 0 Å². The molecule has 0 bridgehead atoms. The van der Waals surface area contributed by atoms with Crippen molar-refractivity contribution in [1.82, 2.24) is 4.57 Å². The van der Waals surface area contributed by atoms with Gasteiger partial charge in [0.1, 0.15) is 0 Å². The minimum absolute atomic E-state index is 0.0732. The van der Waals surface area contributed by atoms with Crippen molar-refractivity contribution in [2.24, 2.45) is 0 Å². The smallest absolute Gasteiger partial charge is 0.264 e. The lowest BCUT2D eigenvalue weighted by atomic mass is 10.1. The van der Waals surface area contributed by atoms with Crippen molar-refractivity contribution in [2.75, 3.05) is 9.62 Å². The normalized spacial score (nSPS) is 11.6. The summed E-state index contributed by atoms with van der Waals surface area (Å²) >= 11 is 0. The summed E-state index contributed by atoms with van der Waals surface area (Å²) in [6.45, 7) is 4.93. The van der Waals surface area contributed by atoms with E-state index in [2.05, 4.69) is 28.9 Å². The van der Waals surface area contributed by atoms with Crippen molar-refractivity contribution in [3.05, 3.63) is 138 Å². The van der Waals surface area contributed by atoms with Gasteiger partial charge in [-0.05, 0) is 67.9 Å². The molecule has 1 heterocycles. The second kappa shape index (κ2) is 11.2. The molecule has 0 spiro atoms. The molecule has 0 radical (unpaired) electrons. The number of benzene rings is 5. The van der Waals surface area contributed by atoms with Crippen LogP contribution in [0.1, 0.15) is 28.4 Å². The number of amides is 1. The summed E-state index contributed by atoms with van der Waals surface area (Å²) in [7, 11) is -4.00. The minimum Gasteiger partial charge on any atom is -0.341 e. The Labute approximate surface area is 245 Å². The van der Waals surface area contributed by atoms with Gasteiger partial charge >= 0.3 is 0 Å². The van der Waals surface area contributed by atoms with Crippen LogP contribution >= 0.6 is 0 Å². The lowest BCUT2D eigenvalue weighted by Gasteiger charge is -2.26. The number of hydrogen-bond donors (Lipinski definition) is 1. The molecular weight excluding hydrogens is 542 g/mol. The topological polar surface area (TPSA) is 71.4 Å². The van der Waals surface area contributed by atoms with Gasteiger partial charge in [-0.2, -0.15) is 0 Å². The summed E-state index contributed by atoms with van der Waals surface area (Å²) in [5.41, 5.74) is 5.21. The number of carbonyl (C=O) groups is 1. The molecule has 0 atom stereocenters. The second-order valence-electron chi connectivity index (χ2n) is 10.3. The van der Waals surface area contributed by atoms with Crippen molar-refractivity contribution in [2.45, 2.75) is 31.8 Å². The molecule has 1 N–H and O–H groups in total. The Bertz CT molecular complexity index is 2010. The molecule has 1 amide bonds. The van der Waals surface area contributed by atoms with Crippen LogP contribution < -0.4 is 9.62 Å². The van der Waals surface area contributed by atoms with Gasteiger partial charge in [0.05, 0.1) is 22.7 Å². The molecule has 0 fully saturated rings. The van der Waals surface area contributed by atoms with Crippen molar-refractivity contribution in [3.8, 4) is 0 Å². The van der Waals surface area contributed by atoms with E-state index < -0.39 is 10.0 Å². The monoisotopic (exact) mass is 573 g/mol. The predicted molar refractivity (Wildman–Crippen MR) is 171 cm³/mol. The fourth-order valence-electron chi connectivity index (χ4n) is 5.44. The highest BCUT2D eigenvalue weighted by molar-refractivity contribution is 7.92. The molecule has 1 aromatic heterocycles. The van der Waals surface area contributed by atoms with E-state index in [1.54, 1.807) is 48.5 Å². The summed E-state index contributed by atoms with van der Waals surface area (Å²) < 4.78 is 31.7. The summed E-state index contributed by atoms with van der Waals surface area (Å²) in [4.78, 5) is 14.0. The number of carbonyl (C=O) groups excluding carboxylic acids is 1. The van der Waals surface area contributed by atoms with Gasteiger partial charge in [-0.1, -0.05) is 78.4 Å². The highest BCUT2D eigenvalue weighted by Crippen LogP contribution is 2.33. The van der Waals surface area contributed by atoms with Crippen molar-refractivity contribution < 1.29 is 13.2 Å². The number of aromatic nitrogens is 1. The van der Waals surface area contributed by atoms with Crippen LogP contribution in [0.5, 0.6) is 0 Å². The van der Waals surface area contributed by atoms with Gasteiger partial charge in [0.25, 0.3) is 15.9 Å². The zero-order valence-corrected chi connectivity index (χ0v) is 24.3. The third-order valence-electron chi connectivity index (χ3n) is 7.54. The van der Waals surface area contributed by atoms with E-state index in [1.165, 1.54) is 4.31 Å². The van der Waals surface area contributed by atoms with Gasteiger partial charge in [-0.15, -0.1) is 0 Å². The number of para-hydroxylation sites is 2. The maximum atomic E-state index is 14.1. The average molecular weight is 574 g/mol. The van der Waals surface area contributed by atoms with Gasteiger partial charge in [-0.3, -0.25) is 9.10 Å². The number of rotatable bonds is 8. The highest BCUT2D eigenvalue weighted by Gasteiger charge is 2.28. The maximum Gasteiger partial charge on any atom is 0.264 e. The van der Waals surface area contributed by atoms with E-state index in [4.69, 9.17) is 0 Å². The Balaban J connectivity index is 1.40. The number of nitrogens with one attached hydrogen (secondary N) is 1. The molecule has 0 aliphatic rings. The molecule has 210 valence electrons. The van der Waals surface area contributed by atoms with E-state index in [1.807, 2.05) is 67.6 Å². The molecular formula is C35H31N3O3S. The zero-order chi connectivity index (χ0) is 29.3. The molecule has 6 nitrogen and oxygen atoms in total. The zero-order valence-electron chi connectivity index (χ0n) is 23.5. The minimum atomic E-state index is -4.00. The molecule has 42 heavy (non-hydrogen) atoms. The molecule has 7 heteroatoms. The third kappa shape index (κ3) is 5.03. The van der Waals surface area contributed by atoms with Crippen molar-refractivity contribution in [1.29, 1.82) is 0 Å². The molecule has 0 saturated carbocycles. The number of hydrogen-bond acceptors (Lipinski definition) is 3. The van der Waals surface area contributed by atoms with Gasteiger partial charge in [-0.25, -0.2) is 8.42 Å². The summed E-state index contributed by atoms with van der Waals surface area (Å²) in [6.07, 6.45) is 0. The molecule has 0 saturated heterocycles. The number of aryl methyl sites for hydroxylation is 2. The summed E-state index contributed by atoms with van der Waals surface area (Å²) in [6, 6.07) is 37.1. The Morgan fingerprint density at radius 3 is 2.19 bits per heavy atom. The second-order valence-corrected chi connectivity index (χ2v) is 12.1. The number of nitrogens with zero attached hydrogens (tertiary/aromatic N) is 2. The average Bonchev–Trinajstić information content (AvgIpc) is 3.33. The van der Waals surface area contributed by atoms with Crippen LogP contribution in [0.4, 0.5) is 11.4 Å². The van der Waals surface area contributed by atoms with Crippen LogP contribution in [-0.4, -0.2) is 18.9 Å². The molecule has 6 aromatic rings. The Morgan fingerprint density at radius 1 is 0.762 bits per heavy atom. The van der Waals surface area contributed by atoms with Crippen LogP contribution in [0.2, 0.25) is 0 Å². The Hall–Kier alpha value is -4.88. The standard InChI is InChI=1S/C35H31N3O3S/c1-3-37-32-15-9-7-13-29(32)31-23-27(19-22-33(31)37)36-35(39)30-14-8-10-16-34(30)38(24-26-11-5-4-6-12-26)42(40,41)28-20-17-25(2)18-21-28/h4-23H,3,24H2,1-2H3,(H,36,39). The van der Waals surface area contributed by atoms with Crippen LogP contribution in [0.25, 0.3) is 21.8 Å². The number of sulfonamides is 1. The SMILES string of the molecule is CCn1c2ccccc2c2cc(NC(=O)c3ccccc3N(Cc3ccccc3)S(=O)(=O)c3ccc(C)cc3)ccc21. The van der Waals surface area contributed by atoms with E-state index >= 15 is 0 Å². The molecule has 5 aromatic carbocycles. The summed E-state index contributed by atoms with van der Waals surface area (Å²) in [5, 5.41) is 5.19. The van der Waals surface area contributed by atoms with Crippen LogP contribution in [0.15, 0.2) is 126 Å². The number of fused-ring (bicyclic) bond motifs is 3. The van der Waals surface area contributed by atoms with Gasteiger partial charge < -0.3 is 9.88 Å². The quantitative estimate of drug-likeness (QED) is 0.202. The Kier molecular flexibility index (Phi) is 7.27. The lowest BCUT2D eigenvalue weighted by molar-refractivity contribution is 0.102. The fraction of sp³-hybridized carbons (Fsp3) is 0.114. The third-order valence-corrected chi connectivity index (χ3v) is 9.32. The van der Waals surface area contributed by atoms with E-state index in [9.17, 15) is 13.2 Å². The first-order valence-corrected chi connectivity index (χ1v) is 15.4. The van der Waals surface area contributed by atoms with Gasteiger partial charge in [0.2, 0.25) is 0 Å². The maximum absolute atomic E-state index is 14.1. The van der Waals surface area contributed by atoms with Crippen molar-refractivity contribution in [3.63, 3.8) is 0 Å². The van der Waals surface area contributed by atoms with Crippen LogP contribution in [0.3, 0.4) is 0 Å². The van der Waals surface area contributed by atoms with E-state index in [0.29, 0.717) is 11.4 Å². The fourth-order valence-corrected chi connectivity index (χ4v) is 6.91. The number of anilines is 2. The largest absolute Gasteiger partial charge is 0.341 e. The molecule has 6 rings (SSSR count). The molecule has 0 unspecified atom stereocenters. The highest BCUT2D eigenvalue weighted by atomic mass is 32.2. The first-order chi connectivity index (χ1) is 20.4. The van der Waals surface area contributed by atoms with Crippen molar-refractivity contribution >= 4 is 49.1 Å². The lowest BCUT2D eigenvalue weighted by Crippen LogP contribution is -2.32. The first-order valence-electron chi connectivity index (χ1n) is 13.9. The van der Waals surface area contributed by atoms with E-state index in [-0.39, 0.29) is 22.9 Å². The molecule has 0 aliphatic carbocycles. The Morgan fingerprint density at radius 2 is 1.43 bits per heavy atom. The van der Waals surface area contributed by atoms with Gasteiger partial charge in [0, 0.05) is 34.0 Å². The predicted octanol–water partition coefficient (Wildman–Crippen LogP) is 7.77. The van der Waals surface area contributed by atoms with Crippen LogP contribution in [0, 0.1) is 6.92 Å².